The van der Waals surface area contributed by atoms with Crippen LogP contribution in [0.3, 0.4) is 0 Å². The van der Waals surface area contributed by atoms with Gasteiger partial charge in [-0.2, -0.15) is 0 Å². The van der Waals surface area contributed by atoms with E-state index >= 15 is 0 Å². The molecule has 0 saturated heterocycles. The lowest BCUT2D eigenvalue weighted by Crippen LogP contribution is -2.34. The number of carbonyl (C=O) groups excluding carboxylic acids is 1. The monoisotopic (exact) mass is 241 g/mol. The molecule has 1 N–H and O–H groups in total. The molecule has 1 rings (SSSR count). The molecule has 0 spiro atoms. The summed E-state index contributed by atoms with van der Waals surface area (Å²) >= 11 is 5.55. The topological polar surface area (TPSA) is 40.5 Å². The van der Waals surface area contributed by atoms with Crippen molar-refractivity contribution in [3.05, 3.63) is 29.8 Å². The van der Waals surface area contributed by atoms with Crippen molar-refractivity contribution in [1.82, 2.24) is 4.90 Å². The lowest BCUT2D eigenvalue weighted by atomic mass is 10.1. The van der Waals surface area contributed by atoms with Gasteiger partial charge in [0.2, 0.25) is 5.91 Å². The van der Waals surface area contributed by atoms with Gasteiger partial charge in [0.15, 0.2) is 0 Å². The van der Waals surface area contributed by atoms with Gasteiger partial charge in [0.05, 0.1) is 6.04 Å². The predicted molar refractivity (Wildman–Crippen MR) is 64.6 cm³/mol. The smallest absolute Gasteiger partial charge is 0.237 e. The van der Waals surface area contributed by atoms with E-state index in [-0.39, 0.29) is 23.6 Å². The average Bonchev–Trinajstić information content (AvgIpc) is 2.29. The minimum Gasteiger partial charge on any atom is -0.508 e. The Morgan fingerprint density at radius 2 is 2.25 bits per heavy atom. The van der Waals surface area contributed by atoms with E-state index in [0.29, 0.717) is 6.54 Å². The Balaban J connectivity index is 2.90. The normalized spacial score (nSPS) is 12.2. The molecule has 0 radical (unpaired) electrons. The Morgan fingerprint density at radius 1 is 1.56 bits per heavy atom. The van der Waals surface area contributed by atoms with E-state index in [2.05, 4.69) is 0 Å². The zero-order chi connectivity index (χ0) is 12.1. The molecule has 1 atom stereocenters. The van der Waals surface area contributed by atoms with Gasteiger partial charge in [-0.15, -0.1) is 11.6 Å². The van der Waals surface area contributed by atoms with E-state index in [4.69, 9.17) is 11.6 Å². The van der Waals surface area contributed by atoms with Gasteiger partial charge < -0.3 is 10.0 Å². The number of phenols is 1. The third-order valence-electron chi connectivity index (χ3n) is 2.60. The highest BCUT2D eigenvalue weighted by molar-refractivity contribution is 6.27. The molecule has 0 aliphatic carbocycles. The fourth-order valence-corrected chi connectivity index (χ4v) is 1.86. The lowest BCUT2D eigenvalue weighted by Gasteiger charge is -2.27. The summed E-state index contributed by atoms with van der Waals surface area (Å²) in [4.78, 5) is 13.3. The van der Waals surface area contributed by atoms with E-state index < -0.39 is 0 Å². The van der Waals surface area contributed by atoms with Crippen LogP contribution in [0.4, 0.5) is 0 Å². The maximum atomic E-state index is 11.6. The quantitative estimate of drug-likeness (QED) is 0.823. The van der Waals surface area contributed by atoms with E-state index in [9.17, 15) is 9.90 Å². The summed E-state index contributed by atoms with van der Waals surface area (Å²) < 4.78 is 0. The van der Waals surface area contributed by atoms with Crippen molar-refractivity contribution in [2.24, 2.45) is 0 Å². The summed E-state index contributed by atoms with van der Waals surface area (Å²) in [7, 11) is 0. The minimum atomic E-state index is -0.0972. The highest BCUT2D eigenvalue weighted by Gasteiger charge is 2.18. The first-order valence-electron chi connectivity index (χ1n) is 5.24. The van der Waals surface area contributed by atoms with Gasteiger partial charge in [-0.05, 0) is 31.5 Å². The van der Waals surface area contributed by atoms with Crippen molar-refractivity contribution in [2.45, 2.75) is 19.9 Å². The van der Waals surface area contributed by atoms with Crippen molar-refractivity contribution in [2.75, 3.05) is 12.4 Å². The van der Waals surface area contributed by atoms with E-state index in [1.807, 2.05) is 19.9 Å². The van der Waals surface area contributed by atoms with Gasteiger partial charge in [-0.3, -0.25) is 4.79 Å². The second-order valence-electron chi connectivity index (χ2n) is 3.58. The van der Waals surface area contributed by atoms with Crippen molar-refractivity contribution < 1.29 is 9.90 Å². The summed E-state index contributed by atoms with van der Waals surface area (Å²) in [6, 6.07) is 6.84. The van der Waals surface area contributed by atoms with Gasteiger partial charge in [0, 0.05) is 6.54 Å². The van der Waals surface area contributed by atoms with Crippen LogP contribution in [0, 0.1) is 0 Å². The van der Waals surface area contributed by atoms with Crippen LogP contribution in [0.15, 0.2) is 24.3 Å². The van der Waals surface area contributed by atoms with Gasteiger partial charge in [-0.1, -0.05) is 12.1 Å². The second-order valence-corrected chi connectivity index (χ2v) is 3.85. The van der Waals surface area contributed by atoms with Crippen LogP contribution in [-0.4, -0.2) is 28.3 Å². The van der Waals surface area contributed by atoms with E-state index in [1.165, 1.54) is 0 Å². The Labute approximate surface area is 101 Å². The molecule has 1 aromatic rings. The van der Waals surface area contributed by atoms with Crippen LogP contribution in [0.25, 0.3) is 0 Å². The molecule has 88 valence electrons. The lowest BCUT2D eigenvalue weighted by molar-refractivity contribution is -0.130. The summed E-state index contributed by atoms with van der Waals surface area (Å²) in [5.41, 5.74) is 0.903. The maximum Gasteiger partial charge on any atom is 0.237 e. The second kappa shape index (κ2) is 5.75. The molecule has 1 amide bonds. The molecular weight excluding hydrogens is 226 g/mol. The molecule has 16 heavy (non-hydrogen) atoms. The number of alkyl halides is 1. The molecule has 0 saturated carbocycles. The third-order valence-corrected chi connectivity index (χ3v) is 2.82. The van der Waals surface area contributed by atoms with Crippen molar-refractivity contribution in [3.63, 3.8) is 0 Å². The van der Waals surface area contributed by atoms with Crippen LogP contribution < -0.4 is 0 Å². The molecular formula is C12H16ClNO2. The third kappa shape index (κ3) is 2.89. The largest absolute Gasteiger partial charge is 0.508 e. The van der Waals surface area contributed by atoms with E-state index in [1.54, 1.807) is 23.1 Å². The first kappa shape index (κ1) is 12.8. The van der Waals surface area contributed by atoms with Gasteiger partial charge >= 0.3 is 0 Å². The first-order chi connectivity index (χ1) is 7.60. The molecule has 0 aliphatic rings. The number of rotatable bonds is 4. The molecule has 0 bridgehead atoms. The Bertz CT molecular complexity index is 368. The van der Waals surface area contributed by atoms with Gasteiger partial charge in [-0.25, -0.2) is 0 Å². The zero-order valence-electron chi connectivity index (χ0n) is 9.48. The number of carbonyl (C=O) groups is 1. The number of amides is 1. The van der Waals surface area contributed by atoms with Crippen molar-refractivity contribution in [1.29, 1.82) is 0 Å². The number of hydrogen-bond acceptors (Lipinski definition) is 2. The van der Waals surface area contributed by atoms with Crippen LogP contribution in [0.5, 0.6) is 5.75 Å². The highest BCUT2D eigenvalue weighted by Crippen LogP contribution is 2.23. The molecule has 1 aromatic carbocycles. The molecule has 3 nitrogen and oxygen atoms in total. The first-order valence-corrected chi connectivity index (χ1v) is 5.78. The van der Waals surface area contributed by atoms with Gasteiger partial charge in [0.25, 0.3) is 0 Å². The number of benzene rings is 1. The molecule has 4 heteroatoms. The summed E-state index contributed by atoms with van der Waals surface area (Å²) in [6.45, 7) is 4.43. The summed E-state index contributed by atoms with van der Waals surface area (Å²) in [6.07, 6.45) is 0. The summed E-state index contributed by atoms with van der Waals surface area (Å²) in [5.74, 6) is 0.0931. The molecule has 0 heterocycles. The SMILES string of the molecule is CCN(C(=O)CCl)C(C)c1cccc(O)c1. The number of hydrogen-bond donors (Lipinski definition) is 1. The summed E-state index contributed by atoms with van der Waals surface area (Å²) in [5, 5.41) is 9.38. The maximum absolute atomic E-state index is 11.6. The van der Waals surface area contributed by atoms with Crippen molar-refractivity contribution in [3.8, 4) is 5.75 Å². The highest BCUT2D eigenvalue weighted by atomic mass is 35.5. The average molecular weight is 242 g/mol. The fourth-order valence-electron chi connectivity index (χ4n) is 1.71. The molecule has 0 aromatic heterocycles. The minimum absolute atomic E-state index is 0.0169. The Hall–Kier alpha value is -1.22. The van der Waals surface area contributed by atoms with Crippen LogP contribution in [-0.2, 0) is 4.79 Å². The van der Waals surface area contributed by atoms with Crippen molar-refractivity contribution >= 4 is 17.5 Å². The van der Waals surface area contributed by atoms with E-state index in [0.717, 1.165) is 5.56 Å². The van der Waals surface area contributed by atoms with Crippen LogP contribution in [0.1, 0.15) is 25.5 Å². The predicted octanol–water partition coefficient (Wildman–Crippen LogP) is 2.54. The molecule has 1 unspecified atom stereocenters. The molecule has 0 aliphatic heterocycles. The standard InChI is InChI=1S/C12H16ClNO2/c1-3-14(12(16)8-13)9(2)10-5-4-6-11(15)7-10/h4-7,9,15H,3,8H2,1-2H3. The number of nitrogens with zero attached hydrogens (tertiary/aromatic N) is 1. The molecule has 0 fully saturated rings. The van der Waals surface area contributed by atoms with Crippen LogP contribution >= 0.6 is 11.6 Å². The zero-order valence-corrected chi connectivity index (χ0v) is 10.2. The Morgan fingerprint density at radius 3 is 2.75 bits per heavy atom. The fraction of sp³-hybridized carbons (Fsp3) is 0.417. The van der Waals surface area contributed by atoms with Crippen LogP contribution in [0.2, 0.25) is 0 Å². The number of halogens is 1. The number of phenolic OH excluding ortho intramolecular Hbond substituents is 1. The van der Waals surface area contributed by atoms with Gasteiger partial charge in [0.1, 0.15) is 11.6 Å². The Kier molecular flexibility index (Phi) is 4.62. The number of aromatic hydroxyl groups is 1.